The number of benzene rings is 1. The molecule has 19 heavy (non-hydrogen) atoms. The Labute approximate surface area is 116 Å². The van der Waals surface area contributed by atoms with E-state index in [-0.39, 0.29) is 12.0 Å². The van der Waals surface area contributed by atoms with Gasteiger partial charge >= 0.3 is 0 Å². The van der Waals surface area contributed by atoms with Gasteiger partial charge in [0.25, 0.3) is 0 Å². The highest BCUT2D eigenvalue weighted by Gasteiger charge is 2.28. The Kier molecular flexibility index (Phi) is 5.38. The summed E-state index contributed by atoms with van der Waals surface area (Å²) < 4.78 is 26.8. The van der Waals surface area contributed by atoms with Gasteiger partial charge in [-0.15, -0.1) is 0 Å². The molecule has 0 radical (unpaired) electrons. The summed E-state index contributed by atoms with van der Waals surface area (Å²) in [6.07, 6.45) is 0. The largest absolute Gasteiger partial charge is 0.384 e. The molecule has 5 heteroatoms. The Morgan fingerprint density at radius 1 is 1.21 bits per heavy atom. The van der Waals surface area contributed by atoms with Crippen molar-refractivity contribution in [2.24, 2.45) is 5.92 Å². The molecule has 1 aromatic carbocycles. The van der Waals surface area contributed by atoms with Crippen LogP contribution < -0.4 is 5.32 Å². The van der Waals surface area contributed by atoms with Gasteiger partial charge in [0.1, 0.15) is 4.90 Å². The van der Waals surface area contributed by atoms with E-state index in [9.17, 15) is 8.42 Å². The molecule has 0 fully saturated rings. The number of rotatable bonds is 6. The highest BCUT2D eigenvalue weighted by Crippen LogP contribution is 2.26. The molecule has 0 saturated heterocycles. The third-order valence-corrected chi connectivity index (χ3v) is 5.45. The molecule has 1 rings (SSSR count). The van der Waals surface area contributed by atoms with Crippen molar-refractivity contribution in [3.05, 3.63) is 24.3 Å². The van der Waals surface area contributed by atoms with Crippen molar-refractivity contribution in [2.45, 2.75) is 38.6 Å². The van der Waals surface area contributed by atoms with Gasteiger partial charge in [0, 0.05) is 19.6 Å². The Morgan fingerprint density at radius 2 is 1.79 bits per heavy atom. The highest BCUT2D eigenvalue weighted by molar-refractivity contribution is 7.89. The number of para-hydroxylation sites is 1. The maximum Gasteiger partial charge on any atom is 0.245 e. The van der Waals surface area contributed by atoms with Gasteiger partial charge in [-0.25, -0.2) is 8.42 Å². The monoisotopic (exact) mass is 284 g/mol. The van der Waals surface area contributed by atoms with Crippen LogP contribution in [0.1, 0.15) is 27.7 Å². The fourth-order valence-corrected chi connectivity index (χ4v) is 3.48. The zero-order valence-corrected chi connectivity index (χ0v) is 13.2. The minimum Gasteiger partial charge on any atom is -0.384 e. The van der Waals surface area contributed by atoms with Gasteiger partial charge in [0.15, 0.2) is 0 Å². The number of nitrogens with one attached hydrogen (secondary N) is 1. The van der Waals surface area contributed by atoms with E-state index in [2.05, 4.69) is 5.32 Å². The molecule has 0 bridgehead atoms. The molecule has 0 aliphatic rings. The summed E-state index contributed by atoms with van der Waals surface area (Å²) in [6.45, 7) is 8.61. The highest BCUT2D eigenvalue weighted by atomic mass is 32.2. The smallest absolute Gasteiger partial charge is 0.245 e. The first-order valence-electron chi connectivity index (χ1n) is 6.63. The van der Waals surface area contributed by atoms with Crippen LogP contribution in [0.25, 0.3) is 0 Å². The second-order valence-electron chi connectivity index (χ2n) is 5.03. The molecular formula is C14H24N2O2S. The van der Waals surface area contributed by atoms with Crippen LogP contribution in [-0.2, 0) is 10.0 Å². The van der Waals surface area contributed by atoms with E-state index in [1.165, 1.54) is 4.31 Å². The number of hydrogen-bond acceptors (Lipinski definition) is 3. The van der Waals surface area contributed by atoms with Crippen molar-refractivity contribution in [2.75, 3.05) is 18.9 Å². The molecule has 0 aliphatic carbocycles. The van der Waals surface area contributed by atoms with Crippen LogP contribution in [0.5, 0.6) is 0 Å². The van der Waals surface area contributed by atoms with E-state index in [4.69, 9.17) is 0 Å². The van der Waals surface area contributed by atoms with E-state index < -0.39 is 10.0 Å². The molecule has 0 saturated carbocycles. The van der Waals surface area contributed by atoms with Crippen molar-refractivity contribution < 1.29 is 8.42 Å². The second kappa shape index (κ2) is 6.39. The fourth-order valence-electron chi connectivity index (χ4n) is 1.82. The third-order valence-electron chi connectivity index (χ3n) is 3.45. The first-order chi connectivity index (χ1) is 8.82. The maximum absolute atomic E-state index is 12.7. The van der Waals surface area contributed by atoms with Crippen LogP contribution in [0, 0.1) is 5.92 Å². The predicted octanol–water partition coefficient (Wildman–Crippen LogP) is 2.78. The Morgan fingerprint density at radius 3 is 2.32 bits per heavy atom. The molecule has 1 atom stereocenters. The second-order valence-corrected chi connectivity index (χ2v) is 7.00. The molecule has 0 aliphatic heterocycles. The van der Waals surface area contributed by atoms with Gasteiger partial charge in [-0.05, 0) is 31.9 Å². The minimum absolute atomic E-state index is 0.0420. The summed E-state index contributed by atoms with van der Waals surface area (Å²) in [4.78, 5) is 0.340. The first-order valence-corrected chi connectivity index (χ1v) is 8.07. The van der Waals surface area contributed by atoms with Gasteiger partial charge in [0.05, 0.1) is 5.69 Å². The molecule has 4 nitrogen and oxygen atoms in total. The molecule has 108 valence electrons. The first kappa shape index (κ1) is 16.0. The van der Waals surface area contributed by atoms with E-state index >= 15 is 0 Å². The molecular weight excluding hydrogens is 260 g/mol. The van der Waals surface area contributed by atoms with Crippen LogP contribution in [0.3, 0.4) is 0 Å². The predicted molar refractivity (Wildman–Crippen MR) is 79.9 cm³/mol. The Bertz CT molecular complexity index is 512. The quantitative estimate of drug-likeness (QED) is 0.874. The van der Waals surface area contributed by atoms with E-state index in [1.807, 2.05) is 33.8 Å². The number of hydrogen-bond donors (Lipinski definition) is 1. The van der Waals surface area contributed by atoms with Gasteiger partial charge in [-0.3, -0.25) is 0 Å². The Balaban J connectivity index is 3.20. The van der Waals surface area contributed by atoms with Crippen LogP contribution in [0.15, 0.2) is 29.2 Å². The van der Waals surface area contributed by atoms with E-state index in [0.717, 1.165) is 0 Å². The van der Waals surface area contributed by atoms with Crippen LogP contribution >= 0.6 is 0 Å². The maximum atomic E-state index is 12.7. The molecule has 0 spiro atoms. The van der Waals surface area contributed by atoms with Gasteiger partial charge in [0.2, 0.25) is 10.0 Å². The lowest BCUT2D eigenvalue weighted by atomic mass is 10.1. The van der Waals surface area contributed by atoms with Crippen LogP contribution in [0.4, 0.5) is 5.69 Å². The molecule has 0 aromatic heterocycles. The Hall–Kier alpha value is -1.07. The standard InChI is InChI=1S/C14H24N2O2S/c1-6-15-13-9-7-8-10-14(13)19(17,18)16(5)12(4)11(2)3/h7-12,15H,6H2,1-5H3. The molecule has 0 heterocycles. The minimum atomic E-state index is -3.47. The average molecular weight is 284 g/mol. The molecule has 1 N–H and O–H groups in total. The van der Waals surface area contributed by atoms with Crippen LogP contribution in [0.2, 0.25) is 0 Å². The summed E-state index contributed by atoms with van der Waals surface area (Å²) in [5, 5.41) is 3.10. The SMILES string of the molecule is CCNc1ccccc1S(=O)(=O)N(C)C(C)C(C)C. The third kappa shape index (κ3) is 3.48. The number of nitrogens with zero attached hydrogens (tertiary/aromatic N) is 1. The lowest BCUT2D eigenvalue weighted by molar-refractivity contribution is 0.316. The molecule has 1 aromatic rings. The molecule has 1 unspecified atom stereocenters. The topological polar surface area (TPSA) is 49.4 Å². The number of anilines is 1. The van der Waals surface area contributed by atoms with Crippen molar-refractivity contribution in [3.8, 4) is 0 Å². The summed E-state index contributed by atoms with van der Waals surface area (Å²) >= 11 is 0. The zero-order valence-electron chi connectivity index (χ0n) is 12.3. The zero-order chi connectivity index (χ0) is 14.6. The lowest BCUT2D eigenvalue weighted by Gasteiger charge is -2.28. The summed E-state index contributed by atoms with van der Waals surface area (Å²) in [7, 11) is -1.82. The normalized spacial score (nSPS) is 13.8. The van der Waals surface area contributed by atoms with Crippen molar-refractivity contribution in [1.29, 1.82) is 0 Å². The number of sulfonamides is 1. The van der Waals surface area contributed by atoms with Crippen molar-refractivity contribution in [1.82, 2.24) is 4.31 Å². The molecule has 0 amide bonds. The van der Waals surface area contributed by atoms with E-state index in [0.29, 0.717) is 17.1 Å². The van der Waals surface area contributed by atoms with Crippen LogP contribution in [-0.4, -0.2) is 32.4 Å². The fraction of sp³-hybridized carbons (Fsp3) is 0.571. The summed E-state index contributed by atoms with van der Waals surface area (Å²) in [5.74, 6) is 0.270. The van der Waals surface area contributed by atoms with Crippen molar-refractivity contribution in [3.63, 3.8) is 0 Å². The van der Waals surface area contributed by atoms with Gasteiger partial charge in [-0.2, -0.15) is 4.31 Å². The van der Waals surface area contributed by atoms with Gasteiger partial charge in [-0.1, -0.05) is 26.0 Å². The average Bonchev–Trinajstić information content (AvgIpc) is 2.37. The van der Waals surface area contributed by atoms with Crippen molar-refractivity contribution >= 4 is 15.7 Å². The summed E-state index contributed by atoms with van der Waals surface area (Å²) in [5.41, 5.74) is 0.660. The van der Waals surface area contributed by atoms with E-state index in [1.54, 1.807) is 25.2 Å². The lowest BCUT2D eigenvalue weighted by Crippen LogP contribution is -2.38. The van der Waals surface area contributed by atoms with Gasteiger partial charge < -0.3 is 5.32 Å². The summed E-state index contributed by atoms with van der Waals surface area (Å²) in [6, 6.07) is 6.99.